The van der Waals surface area contributed by atoms with Crippen molar-refractivity contribution in [3.8, 4) is 5.69 Å². The van der Waals surface area contributed by atoms with Gasteiger partial charge in [0.15, 0.2) is 11.8 Å². The zero-order valence-corrected chi connectivity index (χ0v) is 18.0. The van der Waals surface area contributed by atoms with Crippen LogP contribution in [0.3, 0.4) is 0 Å². The number of aliphatic imine (C=N–C) groups is 1. The van der Waals surface area contributed by atoms with Gasteiger partial charge in [-0.1, -0.05) is 18.2 Å². The highest BCUT2D eigenvalue weighted by atomic mass is 127. The molecule has 138 valence electrons. The van der Waals surface area contributed by atoms with Crippen molar-refractivity contribution in [3.05, 3.63) is 42.5 Å². The quantitative estimate of drug-likeness (QED) is 0.253. The number of unbranched alkanes of at least 4 members (excludes halogenated alkanes) is 1. The smallest absolute Gasteiger partial charge is 0.191 e. The molecule has 0 bridgehead atoms. The maximum absolute atomic E-state index is 4.63. The molecule has 0 spiro atoms. The molecule has 1 aromatic carbocycles. The molecule has 0 atom stereocenters. The molecule has 0 radical (unpaired) electrons. The summed E-state index contributed by atoms with van der Waals surface area (Å²) in [5, 5.41) is 14.9. The summed E-state index contributed by atoms with van der Waals surface area (Å²) in [7, 11) is 0. The van der Waals surface area contributed by atoms with Crippen LogP contribution in [0.5, 0.6) is 0 Å². The van der Waals surface area contributed by atoms with E-state index in [2.05, 4.69) is 39.0 Å². The number of nitrogens with one attached hydrogen (secondary N) is 2. The Bertz CT molecular complexity index is 617. The first-order valence-corrected chi connectivity index (χ1v) is 9.70. The Hall–Kier alpha value is -1.29. The molecule has 0 saturated heterocycles. The summed E-state index contributed by atoms with van der Waals surface area (Å²) in [5.74, 6) is 2.85. The summed E-state index contributed by atoms with van der Waals surface area (Å²) < 4.78 is 1.96. The van der Waals surface area contributed by atoms with Gasteiger partial charge >= 0.3 is 0 Å². The van der Waals surface area contributed by atoms with Gasteiger partial charge in [0, 0.05) is 18.8 Å². The molecule has 1 aromatic heterocycles. The molecule has 0 saturated carbocycles. The molecule has 2 aromatic rings. The summed E-state index contributed by atoms with van der Waals surface area (Å²) in [6.45, 7) is 4.31. The van der Waals surface area contributed by atoms with Gasteiger partial charge in [0.1, 0.15) is 12.9 Å². The normalized spacial score (nSPS) is 11.0. The third-order valence-corrected chi connectivity index (χ3v) is 4.14. The highest BCUT2D eigenvalue weighted by Gasteiger charge is 2.06. The molecule has 0 fully saturated rings. The van der Waals surface area contributed by atoms with Crippen molar-refractivity contribution < 1.29 is 0 Å². The fraction of sp³-hybridized carbons (Fsp3) is 0.471. The van der Waals surface area contributed by atoms with Crippen molar-refractivity contribution in [2.24, 2.45) is 4.99 Å². The second-order valence-electron chi connectivity index (χ2n) is 5.27. The highest BCUT2D eigenvalue weighted by molar-refractivity contribution is 14.0. The molecular weight excluding hydrogens is 447 g/mol. The van der Waals surface area contributed by atoms with E-state index in [-0.39, 0.29) is 24.0 Å². The van der Waals surface area contributed by atoms with Crippen LogP contribution in [-0.2, 0) is 6.54 Å². The van der Waals surface area contributed by atoms with E-state index >= 15 is 0 Å². The lowest BCUT2D eigenvalue weighted by Gasteiger charge is -2.11. The number of hydrogen-bond acceptors (Lipinski definition) is 4. The van der Waals surface area contributed by atoms with Gasteiger partial charge in [-0.3, -0.25) is 4.57 Å². The second-order valence-corrected chi connectivity index (χ2v) is 6.26. The maximum Gasteiger partial charge on any atom is 0.191 e. The Morgan fingerprint density at radius 3 is 2.72 bits per heavy atom. The van der Waals surface area contributed by atoms with E-state index in [9.17, 15) is 0 Å². The number of para-hydroxylation sites is 1. The summed E-state index contributed by atoms with van der Waals surface area (Å²) in [6, 6.07) is 10.1. The Morgan fingerprint density at radius 1 is 1.20 bits per heavy atom. The van der Waals surface area contributed by atoms with Crippen molar-refractivity contribution in [1.29, 1.82) is 0 Å². The second kappa shape index (κ2) is 13.0. The van der Waals surface area contributed by atoms with Gasteiger partial charge in [-0.05, 0) is 43.9 Å². The predicted octanol–water partition coefficient (Wildman–Crippen LogP) is 3.08. The first-order valence-electron chi connectivity index (χ1n) is 8.30. The number of aromatic nitrogens is 3. The third-order valence-electron chi connectivity index (χ3n) is 3.44. The first-order chi connectivity index (χ1) is 11.8. The predicted molar refractivity (Wildman–Crippen MR) is 117 cm³/mol. The van der Waals surface area contributed by atoms with Crippen LogP contribution >= 0.6 is 35.7 Å². The molecule has 8 heteroatoms. The minimum Gasteiger partial charge on any atom is -0.357 e. The highest BCUT2D eigenvalue weighted by Crippen LogP contribution is 2.09. The molecule has 0 amide bonds. The minimum absolute atomic E-state index is 0. The van der Waals surface area contributed by atoms with E-state index in [4.69, 9.17) is 0 Å². The van der Waals surface area contributed by atoms with Crippen LogP contribution in [0.25, 0.3) is 5.69 Å². The first kappa shape index (κ1) is 21.8. The van der Waals surface area contributed by atoms with Crippen LogP contribution in [0.15, 0.2) is 41.7 Å². The van der Waals surface area contributed by atoms with Crippen LogP contribution in [0, 0.1) is 0 Å². The Kier molecular flexibility index (Phi) is 11.3. The number of rotatable bonds is 9. The summed E-state index contributed by atoms with van der Waals surface area (Å²) in [4.78, 5) is 4.63. The van der Waals surface area contributed by atoms with Crippen molar-refractivity contribution in [3.63, 3.8) is 0 Å². The van der Waals surface area contributed by atoms with Crippen molar-refractivity contribution in [1.82, 2.24) is 25.4 Å². The summed E-state index contributed by atoms with van der Waals surface area (Å²) >= 11 is 1.89. The Balaban J connectivity index is 0.00000312. The average Bonchev–Trinajstić information content (AvgIpc) is 3.08. The fourth-order valence-corrected chi connectivity index (χ4v) is 2.73. The molecule has 0 aliphatic carbocycles. The molecule has 0 aliphatic heterocycles. The van der Waals surface area contributed by atoms with E-state index < -0.39 is 0 Å². The van der Waals surface area contributed by atoms with E-state index in [1.807, 2.05) is 46.7 Å². The number of thioether (sulfide) groups is 1. The lowest BCUT2D eigenvalue weighted by atomic mass is 10.3. The van der Waals surface area contributed by atoms with E-state index in [1.165, 1.54) is 12.2 Å². The number of hydrogen-bond donors (Lipinski definition) is 2. The van der Waals surface area contributed by atoms with Gasteiger partial charge in [0.25, 0.3) is 0 Å². The summed E-state index contributed by atoms with van der Waals surface area (Å²) in [6.07, 6.45) is 6.23. The third kappa shape index (κ3) is 7.64. The van der Waals surface area contributed by atoms with Gasteiger partial charge in [0.2, 0.25) is 0 Å². The monoisotopic (exact) mass is 474 g/mol. The zero-order chi connectivity index (χ0) is 17.0. The van der Waals surface area contributed by atoms with Crippen LogP contribution < -0.4 is 10.6 Å². The van der Waals surface area contributed by atoms with Crippen LogP contribution in [0.4, 0.5) is 0 Å². The number of guanidine groups is 1. The van der Waals surface area contributed by atoms with Crippen molar-refractivity contribution in [2.75, 3.05) is 25.1 Å². The minimum atomic E-state index is 0. The molecule has 0 aliphatic rings. The van der Waals surface area contributed by atoms with Gasteiger partial charge in [-0.2, -0.15) is 11.8 Å². The number of halogens is 1. The number of benzene rings is 1. The van der Waals surface area contributed by atoms with Crippen LogP contribution in [-0.4, -0.2) is 45.8 Å². The molecule has 2 N–H and O–H groups in total. The van der Waals surface area contributed by atoms with Gasteiger partial charge in [-0.25, -0.2) is 4.99 Å². The van der Waals surface area contributed by atoms with E-state index in [0.29, 0.717) is 6.54 Å². The van der Waals surface area contributed by atoms with Crippen molar-refractivity contribution >= 4 is 41.7 Å². The Labute approximate surface area is 171 Å². The maximum atomic E-state index is 4.63. The molecule has 25 heavy (non-hydrogen) atoms. The topological polar surface area (TPSA) is 67.1 Å². The SMILES string of the molecule is CCNC(=NCc1nncn1-c1ccccc1)NCCCCSC.I. The fourth-order valence-electron chi connectivity index (χ4n) is 2.24. The van der Waals surface area contributed by atoms with E-state index in [0.717, 1.165) is 37.0 Å². The van der Waals surface area contributed by atoms with Gasteiger partial charge in [0.05, 0.1) is 0 Å². The lowest BCUT2D eigenvalue weighted by molar-refractivity contribution is 0.730. The largest absolute Gasteiger partial charge is 0.357 e. The molecule has 0 unspecified atom stereocenters. The Morgan fingerprint density at radius 2 is 2.00 bits per heavy atom. The van der Waals surface area contributed by atoms with Crippen LogP contribution in [0.2, 0.25) is 0 Å². The van der Waals surface area contributed by atoms with Gasteiger partial charge in [-0.15, -0.1) is 34.2 Å². The molecule has 2 rings (SSSR count). The standard InChI is InChI=1S/C17H26N6S.HI/c1-3-18-17(19-11-7-8-12-24-2)20-13-16-22-21-14-23(16)15-9-5-4-6-10-15;/h4-6,9-10,14H,3,7-8,11-13H2,1-2H3,(H2,18,19,20);1H. The zero-order valence-electron chi connectivity index (χ0n) is 14.8. The molecular formula is C17H27IN6S. The number of nitrogens with zero attached hydrogens (tertiary/aromatic N) is 4. The molecule has 1 heterocycles. The lowest BCUT2D eigenvalue weighted by Crippen LogP contribution is -2.37. The molecule has 6 nitrogen and oxygen atoms in total. The van der Waals surface area contributed by atoms with Crippen LogP contribution in [0.1, 0.15) is 25.6 Å². The van der Waals surface area contributed by atoms with Gasteiger partial charge < -0.3 is 10.6 Å². The summed E-state index contributed by atoms with van der Waals surface area (Å²) in [5.41, 5.74) is 1.04. The van der Waals surface area contributed by atoms with Crippen molar-refractivity contribution in [2.45, 2.75) is 26.3 Å². The van der Waals surface area contributed by atoms with E-state index in [1.54, 1.807) is 6.33 Å². The average molecular weight is 474 g/mol.